The van der Waals surface area contributed by atoms with Crippen LogP contribution < -0.4 is 0 Å². The molecule has 0 bridgehead atoms. The lowest BCUT2D eigenvalue weighted by atomic mass is 10.0. The monoisotopic (exact) mass is 404 g/mol. The topological polar surface area (TPSA) is 62.5 Å². The molecule has 0 N–H and O–H groups in total. The van der Waals surface area contributed by atoms with Gasteiger partial charge < -0.3 is 9.42 Å². The van der Waals surface area contributed by atoms with Gasteiger partial charge >= 0.3 is 6.18 Å². The van der Waals surface area contributed by atoms with E-state index in [0.717, 1.165) is 17.7 Å². The molecule has 2 aromatic heterocycles. The standard InChI is InChI=1S/C20H19F3N4O2/c1-13-10-14(25-29-13)12-26-6-8-27(9-7-26)19(28)16-11-24-17-5-3-2-4-15(17)18(16)20(21,22)23/h2-5,10-11H,6-9,12H2,1H3. The van der Waals surface area contributed by atoms with E-state index in [0.29, 0.717) is 32.7 Å². The lowest BCUT2D eigenvalue weighted by Gasteiger charge is -2.34. The summed E-state index contributed by atoms with van der Waals surface area (Å²) >= 11 is 0. The van der Waals surface area contributed by atoms with E-state index in [4.69, 9.17) is 4.52 Å². The van der Waals surface area contributed by atoms with Crippen LogP contribution in [0.5, 0.6) is 0 Å². The minimum Gasteiger partial charge on any atom is -0.361 e. The molecule has 3 aromatic rings. The minimum atomic E-state index is -4.65. The number of aromatic nitrogens is 2. The number of halogens is 3. The maximum absolute atomic E-state index is 13.8. The molecule has 0 atom stereocenters. The number of para-hydroxylation sites is 1. The van der Waals surface area contributed by atoms with Crippen molar-refractivity contribution in [3.8, 4) is 0 Å². The number of piperazine rings is 1. The summed E-state index contributed by atoms with van der Waals surface area (Å²) in [6.45, 7) is 4.13. The van der Waals surface area contributed by atoms with Crippen LogP contribution in [0.15, 0.2) is 41.1 Å². The molecule has 0 spiro atoms. The first-order chi connectivity index (χ1) is 13.8. The number of nitrogens with zero attached hydrogens (tertiary/aromatic N) is 4. The highest BCUT2D eigenvalue weighted by atomic mass is 19.4. The Balaban J connectivity index is 1.54. The summed E-state index contributed by atoms with van der Waals surface area (Å²) in [5, 5.41) is 3.88. The Morgan fingerprint density at radius 1 is 1.17 bits per heavy atom. The quantitative estimate of drug-likeness (QED) is 0.669. The van der Waals surface area contributed by atoms with Crippen LogP contribution in [-0.4, -0.2) is 52.0 Å². The molecule has 0 unspecified atom stereocenters. The Labute approximate surface area is 164 Å². The van der Waals surface area contributed by atoms with Crippen molar-refractivity contribution >= 4 is 16.8 Å². The first-order valence-corrected chi connectivity index (χ1v) is 9.21. The molecule has 1 aromatic carbocycles. The maximum Gasteiger partial charge on any atom is 0.417 e. The average Bonchev–Trinajstić information content (AvgIpc) is 3.11. The van der Waals surface area contributed by atoms with Gasteiger partial charge in [-0.05, 0) is 13.0 Å². The number of hydrogen-bond donors (Lipinski definition) is 0. The summed E-state index contributed by atoms with van der Waals surface area (Å²) in [7, 11) is 0. The van der Waals surface area contributed by atoms with Crippen LogP contribution in [0.4, 0.5) is 13.2 Å². The van der Waals surface area contributed by atoms with E-state index >= 15 is 0 Å². The third-order valence-electron chi connectivity index (χ3n) is 5.01. The van der Waals surface area contributed by atoms with Crippen LogP contribution in [0.25, 0.3) is 10.9 Å². The van der Waals surface area contributed by atoms with E-state index < -0.39 is 23.2 Å². The third-order valence-corrected chi connectivity index (χ3v) is 5.01. The number of fused-ring (bicyclic) bond motifs is 1. The molecule has 1 saturated heterocycles. The van der Waals surface area contributed by atoms with Crippen LogP contribution in [0.2, 0.25) is 0 Å². The summed E-state index contributed by atoms with van der Waals surface area (Å²) in [4.78, 5) is 20.5. The zero-order valence-electron chi connectivity index (χ0n) is 15.7. The summed E-state index contributed by atoms with van der Waals surface area (Å²) in [6, 6.07) is 7.82. The zero-order chi connectivity index (χ0) is 20.6. The van der Waals surface area contributed by atoms with Crippen LogP contribution in [0, 0.1) is 6.92 Å². The molecule has 0 saturated carbocycles. The van der Waals surface area contributed by atoms with E-state index in [1.54, 1.807) is 6.07 Å². The molecule has 152 valence electrons. The highest BCUT2D eigenvalue weighted by molar-refractivity contribution is 6.00. The minimum absolute atomic E-state index is 0.0640. The molecule has 29 heavy (non-hydrogen) atoms. The van der Waals surface area contributed by atoms with Crippen LogP contribution in [0.3, 0.4) is 0 Å². The van der Waals surface area contributed by atoms with Gasteiger partial charge in [-0.1, -0.05) is 23.4 Å². The number of pyridine rings is 1. The number of benzene rings is 1. The molecule has 1 fully saturated rings. The fourth-order valence-corrected chi connectivity index (χ4v) is 3.61. The molecular weight excluding hydrogens is 385 g/mol. The highest BCUT2D eigenvalue weighted by Crippen LogP contribution is 2.37. The molecule has 0 aliphatic carbocycles. The number of carbonyl (C=O) groups excluding carboxylic acids is 1. The summed E-state index contributed by atoms with van der Waals surface area (Å²) in [5.74, 6) is 0.0739. The van der Waals surface area contributed by atoms with Crippen molar-refractivity contribution in [2.24, 2.45) is 0 Å². The summed E-state index contributed by atoms with van der Waals surface area (Å²) < 4.78 is 46.4. The Morgan fingerprint density at radius 3 is 2.55 bits per heavy atom. The maximum atomic E-state index is 13.8. The van der Waals surface area contributed by atoms with Gasteiger partial charge in [-0.2, -0.15) is 13.2 Å². The van der Waals surface area contributed by atoms with E-state index in [9.17, 15) is 18.0 Å². The number of carbonyl (C=O) groups is 1. The van der Waals surface area contributed by atoms with Gasteiger partial charge in [-0.25, -0.2) is 0 Å². The van der Waals surface area contributed by atoms with Gasteiger partial charge in [0.2, 0.25) is 0 Å². The van der Waals surface area contributed by atoms with Crippen molar-refractivity contribution in [1.29, 1.82) is 0 Å². The van der Waals surface area contributed by atoms with Gasteiger partial charge in [0.25, 0.3) is 5.91 Å². The first kappa shape index (κ1) is 19.4. The molecule has 0 radical (unpaired) electrons. The molecule has 4 rings (SSSR count). The van der Waals surface area contributed by atoms with E-state index in [2.05, 4.69) is 15.0 Å². The van der Waals surface area contributed by atoms with E-state index in [-0.39, 0.29) is 10.9 Å². The second-order valence-corrected chi connectivity index (χ2v) is 7.06. The van der Waals surface area contributed by atoms with Crippen molar-refractivity contribution in [2.45, 2.75) is 19.6 Å². The molecule has 1 aliphatic heterocycles. The van der Waals surface area contributed by atoms with Crippen molar-refractivity contribution in [1.82, 2.24) is 19.9 Å². The lowest BCUT2D eigenvalue weighted by Crippen LogP contribution is -2.48. The van der Waals surface area contributed by atoms with Crippen LogP contribution >= 0.6 is 0 Å². The number of aryl methyl sites for hydroxylation is 1. The van der Waals surface area contributed by atoms with Crippen molar-refractivity contribution in [3.05, 3.63) is 59.1 Å². The van der Waals surface area contributed by atoms with Gasteiger partial charge in [-0.15, -0.1) is 0 Å². The van der Waals surface area contributed by atoms with Crippen molar-refractivity contribution < 1.29 is 22.5 Å². The van der Waals surface area contributed by atoms with Gasteiger partial charge in [0.05, 0.1) is 22.3 Å². The number of amides is 1. The Kier molecular flexibility index (Phi) is 4.99. The second-order valence-electron chi connectivity index (χ2n) is 7.06. The van der Waals surface area contributed by atoms with Gasteiger partial charge in [0.1, 0.15) is 5.76 Å². The average molecular weight is 404 g/mol. The smallest absolute Gasteiger partial charge is 0.361 e. The fraction of sp³-hybridized carbons (Fsp3) is 0.350. The summed E-state index contributed by atoms with van der Waals surface area (Å²) in [6.07, 6.45) is -3.61. The predicted octanol–water partition coefficient (Wildman–Crippen LogP) is 3.51. The van der Waals surface area contributed by atoms with Gasteiger partial charge in [-0.3, -0.25) is 14.7 Å². The molecule has 1 aliphatic rings. The highest BCUT2D eigenvalue weighted by Gasteiger charge is 2.39. The fourth-order valence-electron chi connectivity index (χ4n) is 3.61. The predicted molar refractivity (Wildman–Crippen MR) is 99.2 cm³/mol. The third kappa shape index (κ3) is 3.95. The van der Waals surface area contributed by atoms with E-state index in [1.807, 2.05) is 13.0 Å². The van der Waals surface area contributed by atoms with Gasteiger partial charge in [0.15, 0.2) is 0 Å². The lowest BCUT2D eigenvalue weighted by molar-refractivity contribution is -0.136. The van der Waals surface area contributed by atoms with Crippen molar-refractivity contribution in [3.63, 3.8) is 0 Å². The van der Waals surface area contributed by atoms with Crippen LogP contribution in [0.1, 0.15) is 27.4 Å². The SMILES string of the molecule is Cc1cc(CN2CCN(C(=O)c3cnc4ccccc4c3C(F)(F)F)CC2)no1. The van der Waals surface area contributed by atoms with E-state index in [1.165, 1.54) is 23.1 Å². The molecular formula is C20H19F3N4O2. The van der Waals surface area contributed by atoms with Crippen LogP contribution in [-0.2, 0) is 12.7 Å². The largest absolute Gasteiger partial charge is 0.417 e. The Morgan fingerprint density at radius 2 is 1.90 bits per heavy atom. The molecule has 1 amide bonds. The number of rotatable bonds is 3. The second kappa shape index (κ2) is 7.47. The zero-order valence-corrected chi connectivity index (χ0v) is 15.7. The van der Waals surface area contributed by atoms with Crippen molar-refractivity contribution in [2.75, 3.05) is 26.2 Å². The Bertz CT molecular complexity index is 1040. The molecule has 6 nitrogen and oxygen atoms in total. The van der Waals surface area contributed by atoms with Gasteiger partial charge in [0, 0.05) is 50.4 Å². The summed E-state index contributed by atoms with van der Waals surface area (Å²) in [5.41, 5.74) is -0.324. The molecule has 3 heterocycles. The molecule has 9 heteroatoms. The Hall–Kier alpha value is -2.94. The first-order valence-electron chi connectivity index (χ1n) is 9.21. The number of alkyl halides is 3. The number of hydrogen-bond acceptors (Lipinski definition) is 5. The normalized spacial score (nSPS) is 15.8.